The highest BCUT2D eigenvalue weighted by Gasteiger charge is 2.22. The van der Waals surface area contributed by atoms with Gasteiger partial charge in [-0.2, -0.15) is 0 Å². The van der Waals surface area contributed by atoms with Crippen LogP contribution in [0.15, 0.2) is 12.5 Å². The molecule has 0 saturated heterocycles. The molecule has 0 bridgehead atoms. The van der Waals surface area contributed by atoms with E-state index in [1.54, 1.807) is 27.0 Å². The number of nitrogens with zero attached hydrogens (tertiary/aromatic N) is 1. The fourth-order valence-electron chi connectivity index (χ4n) is 1.59. The van der Waals surface area contributed by atoms with Gasteiger partial charge in [-0.05, 0) is 20.8 Å². The lowest BCUT2D eigenvalue weighted by molar-refractivity contribution is -0.141. The molecule has 0 aromatic carbocycles. The molecule has 0 aliphatic carbocycles. The van der Waals surface area contributed by atoms with Crippen molar-refractivity contribution in [3.8, 4) is 0 Å². The van der Waals surface area contributed by atoms with Crippen LogP contribution in [0.25, 0.3) is 0 Å². The predicted octanol–water partition coefficient (Wildman–Crippen LogP) is 1.41. The van der Waals surface area contributed by atoms with Crippen molar-refractivity contribution in [3.05, 3.63) is 18.2 Å². The fraction of sp³-hybridized carbons (Fsp3) is 0.615. The lowest BCUT2D eigenvalue weighted by Gasteiger charge is -2.23. The molecule has 112 valence electrons. The highest BCUT2D eigenvalue weighted by atomic mass is 16.6. The number of H-pyrrole nitrogens is 1. The number of carbonyl (C=O) groups excluding carboxylic acids is 2. The third-order valence-electron chi connectivity index (χ3n) is 2.38. The molecule has 0 aliphatic heterocycles. The van der Waals surface area contributed by atoms with Crippen molar-refractivity contribution in [2.24, 2.45) is 0 Å². The fourth-order valence-corrected chi connectivity index (χ4v) is 1.59. The van der Waals surface area contributed by atoms with E-state index < -0.39 is 23.7 Å². The zero-order chi connectivity index (χ0) is 15.2. The van der Waals surface area contributed by atoms with Crippen molar-refractivity contribution in [3.63, 3.8) is 0 Å². The van der Waals surface area contributed by atoms with Gasteiger partial charge in [0.2, 0.25) is 0 Å². The number of alkyl carbamates (subject to hydrolysis) is 1. The molecule has 1 aromatic heterocycles. The third-order valence-corrected chi connectivity index (χ3v) is 2.38. The van der Waals surface area contributed by atoms with Crippen LogP contribution in [0.1, 0.15) is 32.9 Å². The van der Waals surface area contributed by atoms with E-state index in [2.05, 4.69) is 20.0 Å². The molecule has 1 amide bonds. The van der Waals surface area contributed by atoms with Crippen LogP contribution in [-0.2, 0) is 20.7 Å². The first kappa shape index (κ1) is 16.0. The normalized spacial score (nSPS) is 12.6. The minimum Gasteiger partial charge on any atom is -0.469 e. The van der Waals surface area contributed by atoms with Gasteiger partial charge in [-0.3, -0.25) is 4.79 Å². The quantitative estimate of drug-likeness (QED) is 0.797. The van der Waals surface area contributed by atoms with E-state index in [1.807, 2.05) is 0 Å². The number of amides is 1. The van der Waals surface area contributed by atoms with Gasteiger partial charge in [-0.1, -0.05) is 0 Å². The Kier molecular flexibility index (Phi) is 5.54. The van der Waals surface area contributed by atoms with Crippen molar-refractivity contribution >= 4 is 12.1 Å². The smallest absolute Gasteiger partial charge is 0.407 e. The molecule has 1 rings (SSSR count). The third kappa shape index (κ3) is 6.21. The van der Waals surface area contributed by atoms with E-state index in [0.717, 1.165) is 5.69 Å². The molecule has 1 atom stereocenters. The lowest BCUT2D eigenvalue weighted by Crippen LogP contribution is -2.41. The minimum atomic E-state index is -0.589. The highest BCUT2D eigenvalue weighted by molar-refractivity contribution is 5.72. The van der Waals surface area contributed by atoms with E-state index in [1.165, 1.54) is 13.4 Å². The number of carbonyl (C=O) groups is 2. The Morgan fingerprint density at radius 2 is 2.15 bits per heavy atom. The van der Waals surface area contributed by atoms with Crippen molar-refractivity contribution in [1.29, 1.82) is 0 Å². The van der Waals surface area contributed by atoms with Gasteiger partial charge in [0.05, 0.1) is 19.9 Å². The molecular formula is C13H21N3O4. The van der Waals surface area contributed by atoms with E-state index in [4.69, 9.17) is 4.74 Å². The van der Waals surface area contributed by atoms with Gasteiger partial charge in [-0.15, -0.1) is 0 Å². The lowest BCUT2D eigenvalue weighted by atomic mass is 10.1. The zero-order valence-electron chi connectivity index (χ0n) is 12.2. The first-order valence-electron chi connectivity index (χ1n) is 6.33. The Morgan fingerprint density at radius 1 is 1.45 bits per heavy atom. The number of aromatic amines is 1. The standard InChI is InChI=1S/C13H21N3O4/c1-13(2,3)20-12(18)16-9(6-11(17)19-4)5-10-7-14-8-15-10/h7-9H,5-6H2,1-4H3,(H,14,15)(H,16,18)/t9-/m0/s1. The largest absolute Gasteiger partial charge is 0.469 e. The Labute approximate surface area is 118 Å². The monoisotopic (exact) mass is 283 g/mol. The maximum absolute atomic E-state index is 11.8. The maximum atomic E-state index is 11.8. The number of hydrogen-bond donors (Lipinski definition) is 2. The average Bonchev–Trinajstić information content (AvgIpc) is 2.78. The Morgan fingerprint density at radius 3 is 2.65 bits per heavy atom. The average molecular weight is 283 g/mol. The number of rotatable bonds is 5. The van der Waals surface area contributed by atoms with Gasteiger partial charge < -0.3 is 19.8 Å². The first-order valence-corrected chi connectivity index (χ1v) is 6.33. The number of nitrogens with one attached hydrogen (secondary N) is 2. The summed E-state index contributed by atoms with van der Waals surface area (Å²) < 4.78 is 9.80. The van der Waals surface area contributed by atoms with Gasteiger partial charge in [0.25, 0.3) is 0 Å². The van der Waals surface area contributed by atoms with Gasteiger partial charge in [0.15, 0.2) is 0 Å². The van der Waals surface area contributed by atoms with Crippen LogP contribution in [0.3, 0.4) is 0 Å². The molecule has 20 heavy (non-hydrogen) atoms. The Bertz CT molecular complexity index is 437. The number of aromatic nitrogens is 2. The second kappa shape index (κ2) is 6.93. The number of imidazole rings is 1. The van der Waals surface area contributed by atoms with Crippen LogP contribution >= 0.6 is 0 Å². The molecule has 7 nitrogen and oxygen atoms in total. The van der Waals surface area contributed by atoms with Crippen LogP contribution in [0.2, 0.25) is 0 Å². The summed E-state index contributed by atoms with van der Waals surface area (Å²) in [5.74, 6) is -0.398. The second-order valence-corrected chi connectivity index (χ2v) is 5.40. The summed E-state index contributed by atoms with van der Waals surface area (Å²) in [6.07, 6.45) is 3.12. The Hall–Kier alpha value is -2.05. The van der Waals surface area contributed by atoms with Gasteiger partial charge in [-0.25, -0.2) is 9.78 Å². The summed E-state index contributed by atoms with van der Waals surface area (Å²) in [6, 6.07) is -0.419. The molecule has 1 aromatic rings. The summed E-state index contributed by atoms with van der Waals surface area (Å²) >= 11 is 0. The van der Waals surface area contributed by atoms with Crippen LogP contribution in [0.4, 0.5) is 4.79 Å². The summed E-state index contributed by atoms with van der Waals surface area (Å²) in [4.78, 5) is 30.0. The van der Waals surface area contributed by atoms with Gasteiger partial charge in [0, 0.05) is 24.4 Å². The van der Waals surface area contributed by atoms with Crippen LogP contribution in [0, 0.1) is 0 Å². The number of methoxy groups -OCH3 is 1. The first-order chi connectivity index (χ1) is 9.30. The van der Waals surface area contributed by atoms with Crippen molar-refractivity contribution in [2.45, 2.75) is 45.3 Å². The molecule has 0 aliphatic rings. The molecular weight excluding hydrogens is 262 g/mol. The SMILES string of the molecule is COC(=O)C[C@H](Cc1cnc[nH]1)NC(=O)OC(C)(C)C. The van der Waals surface area contributed by atoms with Crippen LogP contribution < -0.4 is 5.32 Å². The number of hydrogen-bond acceptors (Lipinski definition) is 5. The maximum Gasteiger partial charge on any atom is 0.407 e. The molecule has 2 N–H and O–H groups in total. The van der Waals surface area contributed by atoms with E-state index in [-0.39, 0.29) is 6.42 Å². The van der Waals surface area contributed by atoms with Crippen molar-refractivity contribution in [2.75, 3.05) is 7.11 Å². The molecule has 0 unspecified atom stereocenters. The van der Waals surface area contributed by atoms with Gasteiger partial charge >= 0.3 is 12.1 Å². The minimum absolute atomic E-state index is 0.0642. The number of esters is 1. The Balaban J connectivity index is 2.62. The zero-order valence-corrected chi connectivity index (χ0v) is 12.2. The molecule has 0 saturated carbocycles. The summed E-state index contributed by atoms with van der Waals surface area (Å²) in [6.45, 7) is 5.32. The second-order valence-electron chi connectivity index (χ2n) is 5.40. The van der Waals surface area contributed by atoms with Crippen LogP contribution in [-0.4, -0.2) is 40.8 Å². The number of ether oxygens (including phenoxy) is 2. The van der Waals surface area contributed by atoms with E-state index in [9.17, 15) is 9.59 Å². The van der Waals surface area contributed by atoms with Crippen molar-refractivity contribution < 1.29 is 19.1 Å². The molecule has 1 heterocycles. The molecule has 0 fully saturated rings. The summed E-state index contributed by atoms with van der Waals surface area (Å²) in [7, 11) is 1.31. The predicted molar refractivity (Wildman–Crippen MR) is 72.1 cm³/mol. The van der Waals surface area contributed by atoms with Crippen LogP contribution in [0.5, 0.6) is 0 Å². The van der Waals surface area contributed by atoms with Gasteiger partial charge in [0.1, 0.15) is 5.60 Å². The van der Waals surface area contributed by atoms with Crippen molar-refractivity contribution in [1.82, 2.24) is 15.3 Å². The molecule has 0 spiro atoms. The molecule has 0 radical (unpaired) electrons. The topological polar surface area (TPSA) is 93.3 Å². The molecule has 7 heteroatoms. The van der Waals surface area contributed by atoms with E-state index >= 15 is 0 Å². The summed E-state index contributed by atoms with van der Waals surface area (Å²) in [5.41, 5.74) is 0.225. The summed E-state index contributed by atoms with van der Waals surface area (Å²) in [5, 5.41) is 2.67. The highest BCUT2D eigenvalue weighted by Crippen LogP contribution is 2.09. The van der Waals surface area contributed by atoms with E-state index in [0.29, 0.717) is 6.42 Å².